The molecule has 8 nitrogen and oxygen atoms in total. The average molecular weight is 468 g/mol. The lowest BCUT2D eigenvalue weighted by atomic mass is 9.79. The van der Waals surface area contributed by atoms with Crippen LogP contribution in [0.2, 0.25) is 0 Å². The van der Waals surface area contributed by atoms with Crippen LogP contribution in [0.3, 0.4) is 0 Å². The summed E-state index contributed by atoms with van der Waals surface area (Å²) in [4.78, 5) is 27.5. The van der Waals surface area contributed by atoms with Crippen molar-refractivity contribution < 1.29 is 18.8 Å². The number of hydrogen-bond donors (Lipinski definition) is 0. The van der Waals surface area contributed by atoms with Crippen molar-refractivity contribution in [1.82, 2.24) is 24.6 Å². The van der Waals surface area contributed by atoms with E-state index in [1.165, 1.54) is 11.1 Å². The van der Waals surface area contributed by atoms with E-state index in [2.05, 4.69) is 15.1 Å². The van der Waals surface area contributed by atoms with Crippen LogP contribution in [0, 0.1) is 31.5 Å². The first-order valence-electron chi connectivity index (χ1n) is 11.9. The number of pyridine rings is 2. The van der Waals surface area contributed by atoms with Crippen LogP contribution in [0.5, 0.6) is 5.75 Å². The van der Waals surface area contributed by atoms with E-state index in [1.54, 1.807) is 24.7 Å². The maximum absolute atomic E-state index is 14.0. The maximum Gasteiger partial charge on any atom is 0.249 e. The number of nitrogens with zero attached hydrogens (tertiary/aromatic N) is 5. The second-order valence-corrected chi connectivity index (χ2v) is 9.40. The highest BCUT2D eigenvalue weighted by Gasteiger charge is 2.37. The number of carbonyl (C=O) groups is 1. The van der Waals surface area contributed by atoms with Crippen molar-refractivity contribution >= 4 is 11.6 Å². The minimum absolute atomic E-state index is 0.00288. The van der Waals surface area contributed by atoms with Crippen molar-refractivity contribution in [2.24, 2.45) is 11.8 Å². The van der Waals surface area contributed by atoms with Gasteiger partial charge in [0.15, 0.2) is 11.4 Å². The van der Waals surface area contributed by atoms with Crippen molar-refractivity contribution in [3.05, 3.63) is 53.0 Å². The van der Waals surface area contributed by atoms with E-state index < -0.39 is 0 Å². The minimum atomic E-state index is -0.354. The molecule has 1 aliphatic carbocycles. The van der Waals surface area contributed by atoms with Crippen LogP contribution in [0.1, 0.15) is 60.8 Å². The third kappa shape index (κ3) is 4.36. The number of amides is 1. The fraction of sp³-hybridized carbons (Fsp3) is 0.520. The first-order valence-corrected chi connectivity index (χ1v) is 11.9. The fourth-order valence-electron chi connectivity index (χ4n) is 5.20. The van der Waals surface area contributed by atoms with Crippen molar-refractivity contribution in [3.8, 4) is 5.75 Å². The van der Waals surface area contributed by atoms with Gasteiger partial charge in [0.2, 0.25) is 5.91 Å². The second kappa shape index (κ2) is 9.29. The normalized spacial score (nSPS) is 22.9. The largest absolute Gasteiger partial charge is 0.493 e. The Morgan fingerprint density at radius 3 is 2.74 bits per heavy atom. The Bertz CT molecular complexity index is 1200. The Balaban J connectivity index is 1.22. The second-order valence-electron chi connectivity index (χ2n) is 9.40. The number of fused-ring (bicyclic) bond motifs is 1. The van der Waals surface area contributed by atoms with Crippen LogP contribution in [0.25, 0.3) is 5.65 Å². The molecule has 34 heavy (non-hydrogen) atoms. The molecule has 2 fully saturated rings. The molecule has 0 unspecified atom stereocenters. The molecule has 0 N–H and O–H groups in total. The molecule has 0 aromatic carbocycles. The molecule has 0 radical (unpaired) electrons. The Hall–Kier alpha value is -3.07. The lowest BCUT2D eigenvalue weighted by Crippen LogP contribution is -2.36. The van der Waals surface area contributed by atoms with Crippen LogP contribution in [0.4, 0.5) is 4.39 Å². The van der Waals surface area contributed by atoms with Gasteiger partial charge in [0.05, 0.1) is 25.5 Å². The number of ether oxygens (including phenoxy) is 1. The van der Waals surface area contributed by atoms with Crippen LogP contribution >= 0.6 is 0 Å². The third-order valence-electron chi connectivity index (χ3n) is 7.06. The number of halogens is 1. The van der Waals surface area contributed by atoms with E-state index in [1.807, 2.05) is 19.2 Å². The van der Waals surface area contributed by atoms with Crippen molar-refractivity contribution in [2.75, 3.05) is 13.7 Å². The molecule has 0 spiro atoms. The number of hydroxylamine groups is 2. The Labute approximate surface area is 198 Å². The molecular weight excluding hydrogens is 437 g/mol. The van der Waals surface area contributed by atoms with E-state index in [4.69, 9.17) is 9.57 Å². The number of carbonyl (C=O) groups excluding carboxylic acids is 1. The molecule has 1 aliphatic heterocycles. The fourth-order valence-corrected chi connectivity index (χ4v) is 5.20. The summed E-state index contributed by atoms with van der Waals surface area (Å²) in [6.45, 7) is 3.95. The lowest BCUT2D eigenvalue weighted by molar-refractivity contribution is -0.183. The summed E-state index contributed by atoms with van der Waals surface area (Å²) in [6, 6.07) is 3.23. The molecule has 180 valence electrons. The molecule has 2 aliphatic rings. The first-order chi connectivity index (χ1) is 16.4. The van der Waals surface area contributed by atoms with E-state index in [9.17, 15) is 9.18 Å². The van der Waals surface area contributed by atoms with Gasteiger partial charge in [-0.25, -0.2) is 19.0 Å². The summed E-state index contributed by atoms with van der Waals surface area (Å²) in [5, 5.41) is 5.91. The van der Waals surface area contributed by atoms with Gasteiger partial charge in [-0.2, -0.15) is 5.10 Å². The molecular formula is C25H30FN5O3. The first kappa shape index (κ1) is 22.7. The molecule has 0 bridgehead atoms. The zero-order chi connectivity index (χ0) is 23.8. The molecule has 4 heterocycles. The van der Waals surface area contributed by atoms with Gasteiger partial charge in [0, 0.05) is 24.7 Å². The van der Waals surface area contributed by atoms with Crippen molar-refractivity contribution in [3.63, 3.8) is 0 Å². The predicted octanol–water partition coefficient (Wildman–Crippen LogP) is 4.14. The molecule has 1 amide bonds. The Morgan fingerprint density at radius 1 is 1.21 bits per heavy atom. The van der Waals surface area contributed by atoms with Gasteiger partial charge in [-0.15, -0.1) is 0 Å². The van der Waals surface area contributed by atoms with Crippen molar-refractivity contribution in [1.29, 1.82) is 0 Å². The van der Waals surface area contributed by atoms with Crippen LogP contribution < -0.4 is 4.74 Å². The zero-order valence-corrected chi connectivity index (χ0v) is 19.8. The summed E-state index contributed by atoms with van der Waals surface area (Å²) in [5.41, 5.74) is 2.92. The quantitative estimate of drug-likeness (QED) is 0.561. The highest BCUT2D eigenvalue weighted by atomic mass is 19.1. The van der Waals surface area contributed by atoms with Gasteiger partial charge < -0.3 is 4.74 Å². The Kier molecular flexibility index (Phi) is 6.20. The summed E-state index contributed by atoms with van der Waals surface area (Å²) in [5.74, 6) is 1.50. The predicted molar refractivity (Wildman–Crippen MR) is 123 cm³/mol. The van der Waals surface area contributed by atoms with E-state index in [-0.39, 0.29) is 23.7 Å². The molecule has 1 saturated heterocycles. The molecule has 1 saturated carbocycles. The third-order valence-corrected chi connectivity index (χ3v) is 7.06. The molecule has 3 aromatic heterocycles. The lowest BCUT2D eigenvalue weighted by Gasteiger charge is -2.32. The summed E-state index contributed by atoms with van der Waals surface area (Å²) in [7, 11) is 1.65. The standard InChI is InChI=1S/C25H30FN5O3/c1-15-21(26)12-20(13-27-15)22-8-9-34-31(22)25(32)19-6-4-17(5-7-19)10-18-11-23(33-3)24-28-16(2)29-30(24)14-18/h11-14,17,19,22H,4-10H2,1-3H3/t17-,19-,22-/m0/s1. The smallest absolute Gasteiger partial charge is 0.249 e. The van der Waals surface area contributed by atoms with E-state index >= 15 is 0 Å². The highest BCUT2D eigenvalue weighted by molar-refractivity contribution is 5.78. The van der Waals surface area contributed by atoms with Gasteiger partial charge in [-0.3, -0.25) is 14.6 Å². The molecule has 5 rings (SSSR count). The highest BCUT2D eigenvalue weighted by Crippen LogP contribution is 2.37. The van der Waals surface area contributed by atoms with Gasteiger partial charge in [-0.1, -0.05) is 0 Å². The molecule has 3 aromatic rings. The molecule has 9 heteroatoms. The van der Waals surface area contributed by atoms with Gasteiger partial charge in [0.25, 0.3) is 0 Å². The SMILES string of the molecule is COc1cc(C[C@H]2CC[C@H](C(=O)N3OCC[C@H]3c3cnc(C)c(F)c3)CC2)cn2nc(C)nc12. The summed E-state index contributed by atoms with van der Waals surface area (Å²) >= 11 is 0. The zero-order valence-electron chi connectivity index (χ0n) is 19.8. The van der Waals surface area contributed by atoms with Crippen LogP contribution in [-0.2, 0) is 16.1 Å². The molecule has 1 atom stereocenters. The number of methoxy groups -OCH3 is 1. The van der Waals surface area contributed by atoms with Gasteiger partial charge >= 0.3 is 0 Å². The maximum atomic E-state index is 14.0. The van der Waals surface area contributed by atoms with E-state index in [0.717, 1.165) is 49.1 Å². The van der Waals surface area contributed by atoms with Crippen molar-refractivity contribution in [2.45, 2.75) is 58.4 Å². The number of hydrogen-bond acceptors (Lipinski definition) is 6. The Morgan fingerprint density at radius 2 is 2.00 bits per heavy atom. The van der Waals surface area contributed by atoms with E-state index in [0.29, 0.717) is 36.0 Å². The topological polar surface area (TPSA) is 81.8 Å². The average Bonchev–Trinajstić information content (AvgIpc) is 3.46. The monoisotopic (exact) mass is 467 g/mol. The minimum Gasteiger partial charge on any atom is -0.493 e. The van der Waals surface area contributed by atoms with Gasteiger partial charge in [0.1, 0.15) is 11.6 Å². The number of rotatable bonds is 5. The van der Waals surface area contributed by atoms with Gasteiger partial charge in [-0.05, 0) is 75.1 Å². The number of aryl methyl sites for hydroxylation is 2. The van der Waals surface area contributed by atoms with Crippen LogP contribution in [0.15, 0.2) is 24.5 Å². The summed E-state index contributed by atoms with van der Waals surface area (Å²) < 4.78 is 21.4. The number of aromatic nitrogens is 4. The summed E-state index contributed by atoms with van der Waals surface area (Å²) in [6.07, 6.45) is 8.79. The van der Waals surface area contributed by atoms with Crippen LogP contribution in [-0.4, -0.2) is 44.3 Å².